The monoisotopic (exact) mass is 477 g/mol. The second-order valence-corrected chi connectivity index (χ2v) is 10.6. The van der Waals surface area contributed by atoms with Crippen molar-refractivity contribution in [2.24, 2.45) is 0 Å². The molecule has 1 N–H and O–H groups in total. The molecule has 0 amide bonds. The van der Waals surface area contributed by atoms with E-state index in [2.05, 4.69) is 4.90 Å². The molecule has 1 atom stereocenters. The van der Waals surface area contributed by atoms with Crippen LogP contribution in [-0.2, 0) is 39.6 Å². The number of hydrogen-bond acceptors (Lipinski definition) is 7. The molecule has 0 aliphatic carbocycles. The third-order valence-electron chi connectivity index (χ3n) is 6.71. The van der Waals surface area contributed by atoms with Crippen LogP contribution in [-0.4, -0.2) is 45.2 Å². The van der Waals surface area contributed by atoms with Crippen LogP contribution >= 0.6 is 0 Å². The van der Waals surface area contributed by atoms with E-state index >= 15 is 0 Å². The molecule has 184 valence electrons. The molecular formula is C27H31N3O5. The van der Waals surface area contributed by atoms with Crippen molar-refractivity contribution >= 4 is 16.9 Å². The van der Waals surface area contributed by atoms with E-state index in [1.54, 1.807) is 22.8 Å². The number of aromatic hydroxyl groups is 1. The Morgan fingerprint density at radius 2 is 1.94 bits per heavy atom. The molecule has 8 nitrogen and oxygen atoms in total. The number of nitrogens with zero attached hydrogens (tertiary/aromatic N) is 3. The van der Waals surface area contributed by atoms with Crippen LogP contribution in [0, 0.1) is 0 Å². The van der Waals surface area contributed by atoms with Crippen LogP contribution in [0.4, 0.5) is 0 Å². The molecular weight excluding hydrogens is 446 g/mol. The second kappa shape index (κ2) is 7.90. The SMILES string of the molecule is CC[C@@]1(OC(C)(C)C)C(=O)OCc2c1cc1n(c2=O)Cc2c-1nc1ccc(O)cc1c2CN(C)C. The van der Waals surface area contributed by atoms with Crippen LogP contribution < -0.4 is 5.56 Å². The number of carbonyl (C=O) groups is 1. The fourth-order valence-corrected chi connectivity index (χ4v) is 5.33. The standard InChI is InChI=1S/C27H31N3O5/c1-7-27(35-26(2,3)4)20-11-22-23-18(13-30(22)24(32)19(20)14-34-25(27)33)17(12-29(5)6)16-10-15(31)8-9-21(16)28-23/h8-11,31H,7,12-14H2,1-6H3/t27-/m0/s1. The van der Waals surface area contributed by atoms with Crippen molar-refractivity contribution in [3.05, 3.63) is 56.9 Å². The van der Waals surface area contributed by atoms with Crippen LogP contribution in [0.1, 0.15) is 56.4 Å². The van der Waals surface area contributed by atoms with Gasteiger partial charge in [-0.1, -0.05) is 6.92 Å². The summed E-state index contributed by atoms with van der Waals surface area (Å²) in [5, 5.41) is 11.0. The van der Waals surface area contributed by atoms with E-state index in [-0.39, 0.29) is 17.9 Å². The lowest BCUT2D eigenvalue weighted by molar-refractivity contribution is -0.200. The van der Waals surface area contributed by atoms with Gasteiger partial charge in [-0.25, -0.2) is 9.78 Å². The van der Waals surface area contributed by atoms with Crippen molar-refractivity contribution in [2.75, 3.05) is 14.1 Å². The lowest BCUT2D eigenvalue weighted by Gasteiger charge is -2.40. The van der Waals surface area contributed by atoms with Crippen molar-refractivity contribution in [3.63, 3.8) is 0 Å². The molecule has 0 bridgehead atoms. The number of fused-ring (bicyclic) bond motifs is 5. The molecule has 0 fully saturated rings. The summed E-state index contributed by atoms with van der Waals surface area (Å²) in [5.41, 5.74) is 2.92. The van der Waals surface area contributed by atoms with Crippen molar-refractivity contribution in [1.82, 2.24) is 14.5 Å². The zero-order valence-electron chi connectivity index (χ0n) is 21.1. The molecule has 0 saturated heterocycles. The summed E-state index contributed by atoms with van der Waals surface area (Å²) in [6, 6.07) is 7.03. The summed E-state index contributed by atoms with van der Waals surface area (Å²) in [6.45, 7) is 8.45. The lowest BCUT2D eigenvalue weighted by atomic mass is 9.84. The molecule has 4 heterocycles. The van der Waals surface area contributed by atoms with Gasteiger partial charge in [0.2, 0.25) is 0 Å². The highest BCUT2D eigenvalue weighted by Gasteiger charge is 2.50. The highest BCUT2D eigenvalue weighted by molar-refractivity contribution is 5.90. The quantitative estimate of drug-likeness (QED) is 0.448. The van der Waals surface area contributed by atoms with Gasteiger partial charge in [0.25, 0.3) is 5.56 Å². The normalized spacial score (nSPS) is 19.0. The molecule has 2 aliphatic heterocycles. The molecule has 0 radical (unpaired) electrons. The number of phenols is 1. The van der Waals surface area contributed by atoms with Crippen molar-refractivity contribution in [3.8, 4) is 17.1 Å². The fourth-order valence-electron chi connectivity index (χ4n) is 5.33. The number of esters is 1. The Labute approximate surface area is 204 Å². The second-order valence-electron chi connectivity index (χ2n) is 10.6. The topological polar surface area (TPSA) is 93.9 Å². The first-order chi connectivity index (χ1) is 16.4. The highest BCUT2D eigenvalue weighted by atomic mass is 16.6. The Hall–Kier alpha value is -3.23. The zero-order chi connectivity index (χ0) is 25.3. The van der Waals surface area contributed by atoms with Gasteiger partial charge in [-0.05, 0) is 71.1 Å². The summed E-state index contributed by atoms with van der Waals surface area (Å²) in [4.78, 5) is 33.9. The number of cyclic esters (lactones) is 1. The zero-order valence-corrected chi connectivity index (χ0v) is 21.1. The third-order valence-corrected chi connectivity index (χ3v) is 6.71. The molecule has 35 heavy (non-hydrogen) atoms. The van der Waals surface area contributed by atoms with Gasteiger partial charge in [0, 0.05) is 23.1 Å². The van der Waals surface area contributed by atoms with E-state index in [0.29, 0.717) is 36.3 Å². The van der Waals surface area contributed by atoms with Crippen molar-refractivity contribution in [2.45, 2.75) is 65.0 Å². The molecule has 1 aromatic carbocycles. The molecule has 0 unspecified atom stereocenters. The number of hydrogen-bond donors (Lipinski definition) is 1. The Morgan fingerprint density at radius 1 is 1.20 bits per heavy atom. The number of carbonyl (C=O) groups excluding carboxylic acids is 1. The van der Waals surface area contributed by atoms with Crippen LogP contribution in [0.25, 0.3) is 22.3 Å². The molecule has 2 aromatic heterocycles. The van der Waals surface area contributed by atoms with Crippen molar-refractivity contribution < 1.29 is 19.4 Å². The Kier molecular flexibility index (Phi) is 5.30. The predicted molar refractivity (Wildman–Crippen MR) is 132 cm³/mol. The van der Waals surface area contributed by atoms with Crippen LogP contribution in [0.3, 0.4) is 0 Å². The number of benzene rings is 1. The van der Waals surface area contributed by atoms with Gasteiger partial charge in [0.15, 0.2) is 5.60 Å². The van der Waals surface area contributed by atoms with Gasteiger partial charge in [-0.2, -0.15) is 0 Å². The van der Waals surface area contributed by atoms with Gasteiger partial charge < -0.3 is 24.0 Å². The molecule has 2 aliphatic rings. The van der Waals surface area contributed by atoms with E-state index in [1.807, 2.05) is 47.9 Å². The first-order valence-electron chi connectivity index (χ1n) is 11.9. The maximum absolute atomic E-state index is 13.8. The number of aromatic nitrogens is 2. The number of ether oxygens (including phenoxy) is 2. The minimum Gasteiger partial charge on any atom is -0.508 e. The van der Waals surface area contributed by atoms with E-state index in [1.165, 1.54) is 0 Å². The van der Waals surface area contributed by atoms with E-state index < -0.39 is 17.2 Å². The maximum Gasteiger partial charge on any atom is 0.343 e. The number of pyridine rings is 2. The average molecular weight is 478 g/mol. The van der Waals surface area contributed by atoms with E-state index in [4.69, 9.17) is 14.5 Å². The fraction of sp³-hybridized carbons (Fsp3) is 0.444. The predicted octanol–water partition coefficient (Wildman–Crippen LogP) is 3.67. The number of rotatable bonds is 4. The lowest BCUT2D eigenvalue weighted by Crippen LogP contribution is -2.49. The minimum atomic E-state index is -1.36. The van der Waals surface area contributed by atoms with Crippen LogP contribution in [0.5, 0.6) is 5.75 Å². The van der Waals surface area contributed by atoms with Gasteiger partial charge in [0.1, 0.15) is 12.4 Å². The number of phenolic OH excluding ortho intramolecular Hbond substituents is 1. The molecule has 8 heteroatoms. The van der Waals surface area contributed by atoms with Crippen molar-refractivity contribution in [1.29, 1.82) is 0 Å². The molecule has 5 rings (SSSR count). The summed E-state index contributed by atoms with van der Waals surface area (Å²) in [6.07, 6.45) is 0.335. The molecule has 0 spiro atoms. The summed E-state index contributed by atoms with van der Waals surface area (Å²) in [7, 11) is 3.97. The van der Waals surface area contributed by atoms with Gasteiger partial charge in [-0.15, -0.1) is 0 Å². The molecule has 3 aromatic rings. The molecule has 0 saturated carbocycles. The van der Waals surface area contributed by atoms with Gasteiger partial charge in [-0.3, -0.25) is 4.79 Å². The largest absolute Gasteiger partial charge is 0.508 e. The van der Waals surface area contributed by atoms with Gasteiger partial charge >= 0.3 is 5.97 Å². The Balaban J connectivity index is 1.80. The maximum atomic E-state index is 13.8. The van der Waals surface area contributed by atoms with E-state index in [9.17, 15) is 14.7 Å². The Bertz CT molecular complexity index is 1430. The summed E-state index contributed by atoms with van der Waals surface area (Å²) < 4.78 is 13.6. The smallest absolute Gasteiger partial charge is 0.343 e. The minimum absolute atomic E-state index is 0.0767. The third kappa shape index (κ3) is 3.63. The van der Waals surface area contributed by atoms with Gasteiger partial charge in [0.05, 0.1) is 34.6 Å². The first kappa shape index (κ1) is 23.5. The summed E-state index contributed by atoms with van der Waals surface area (Å²) in [5.74, 6) is -0.301. The van der Waals surface area contributed by atoms with Crippen LogP contribution in [0.15, 0.2) is 29.1 Å². The Morgan fingerprint density at radius 3 is 2.60 bits per heavy atom. The van der Waals surface area contributed by atoms with Crippen LogP contribution in [0.2, 0.25) is 0 Å². The summed E-state index contributed by atoms with van der Waals surface area (Å²) >= 11 is 0. The highest BCUT2D eigenvalue weighted by Crippen LogP contribution is 2.43. The first-order valence-corrected chi connectivity index (χ1v) is 11.9. The van der Waals surface area contributed by atoms with E-state index in [0.717, 1.165) is 27.7 Å². The average Bonchev–Trinajstić information content (AvgIpc) is 3.14.